The van der Waals surface area contributed by atoms with Crippen molar-refractivity contribution in [3.63, 3.8) is 0 Å². The lowest BCUT2D eigenvalue weighted by atomic mass is 10.2. The third-order valence-electron chi connectivity index (χ3n) is 2.43. The number of hydrogen-bond acceptors (Lipinski definition) is 3. The summed E-state index contributed by atoms with van der Waals surface area (Å²) in [6, 6.07) is 8.55. The molecule has 0 aliphatic heterocycles. The molecule has 17 heavy (non-hydrogen) atoms. The highest BCUT2D eigenvalue weighted by Crippen LogP contribution is 2.26. The van der Waals surface area contributed by atoms with Gasteiger partial charge in [-0.3, -0.25) is 0 Å². The largest absolute Gasteiger partial charge is 0.436 e. The summed E-state index contributed by atoms with van der Waals surface area (Å²) in [6.07, 6.45) is 1.59. The van der Waals surface area contributed by atoms with Crippen molar-refractivity contribution in [2.75, 3.05) is 0 Å². The van der Waals surface area contributed by atoms with Crippen molar-refractivity contribution in [1.82, 2.24) is 4.98 Å². The predicted octanol–water partition coefficient (Wildman–Crippen LogP) is 2.78. The lowest BCUT2D eigenvalue weighted by Crippen LogP contribution is -2.01. The highest BCUT2D eigenvalue weighted by Gasteiger charge is 2.09. The molecule has 2 rings (SSSR count). The molecular weight excluding hydrogens is 219 g/mol. The van der Waals surface area contributed by atoms with E-state index in [2.05, 4.69) is 4.98 Å². The SMILES string of the molecule is Cc1cccc(Oc2ncccc2CN)c1F. The second kappa shape index (κ2) is 4.93. The zero-order valence-corrected chi connectivity index (χ0v) is 9.48. The maximum Gasteiger partial charge on any atom is 0.223 e. The normalized spacial score (nSPS) is 10.3. The Morgan fingerprint density at radius 1 is 1.29 bits per heavy atom. The maximum atomic E-state index is 13.7. The van der Waals surface area contributed by atoms with Crippen molar-refractivity contribution in [3.05, 3.63) is 53.5 Å². The third-order valence-corrected chi connectivity index (χ3v) is 2.43. The van der Waals surface area contributed by atoms with Crippen molar-refractivity contribution in [3.8, 4) is 11.6 Å². The van der Waals surface area contributed by atoms with Gasteiger partial charge in [0.2, 0.25) is 5.88 Å². The minimum atomic E-state index is -0.374. The number of pyridine rings is 1. The zero-order chi connectivity index (χ0) is 12.3. The summed E-state index contributed by atoms with van der Waals surface area (Å²) < 4.78 is 19.2. The Hall–Kier alpha value is -1.94. The smallest absolute Gasteiger partial charge is 0.223 e. The van der Waals surface area contributed by atoms with Crippen LogP contribution < -0.4 is 10.5 Å². The molecule has 0 unspecified atom stereocenters. The molecule has 0 aliphatic rings. The summed E-state index contributed by atoms with van der Waals surface area (Å²) in [6.45, 7) is 1.99. The van der Waals surface area contributed by atoms with Crippen LogP contribution in [0.3, 0.4) is 0 Å². The molecule has 4 heteroatoms. The molecule has 0 saturated carbocycles. The first-order valence-electron chi connectivity index (χ1n) is 5.29. The molecule has 0 atom stereocenters. The Bertz CT molecular complexity index is 529. The van der Waals surface area contributed by atoms with E-state index < -0.39 is 0 Å². The molecule has 0 saturated heterocycles. The standard InChI is InChI=1S/C13H13FN2O/c1-9-4-2-6-11(12(9)14)17-13-10(8-15)5-3-7-16-13/h2-7H,8,15H2,1H3. The molecule has 0 spiro atoms. The number of benzene rings is 1. The molecule has 2 aromatic rings. The number of rotatable bonds is 3. The van der Waals surface area contributed by atoms with E-state index in [0.717, 1.165) is 5.56 Å². The van der Waals surface area contributed by atoms with Gasteiger partial charge in [-0.25, -0.2) is 9.37 Å². The van der Waals surface area contributed by atoms with E-state index in [1.54, 1.807) is 43.5 Å². The monoisotopic (exact) mass is 232 g/mol. The van der Waals surface area contributed by atoms with E-state index in [-0.39, 0.29) is 11.6 Å². The van der Waals surface area contributed by atoms with Crippen molar-refractivity contribution >= 4 is 0 Å². The van der Waals surface area contributed by atoms with Crippen LogP contribution in [0, 0.1) is 12.7 Å². The van der Waals surface area contributed by atoms with Gasteiger partial charge < -0.3 is 10.5 Å². The molecule has 1 aromatic heterocycles. The highest BCUT2D eigenvalue weighted by atomic mass is 19.1. The van der Waals surface area contributed by atoms with Crippen LogP contribution in [0.1, 0.15) is 11.1 Å². The molecule has 3 nitrogen and oxygen atoms in total. The Morgan fingerprint density at radius 3 is 2.88 bits per heavy atom. The first-order chi connectivity index (χ1) is 8.22. The lowest BCUT2D eigenvalue weighted by Gasteiger charge is -2.09. The van der Waals surface area contributed by atoms with E-state index in [1.165, 1.54) is 0 Å². The van der Waals surface area contributed by atoms with Gasteiger partial charge >= 0.3 is 0 Å². The van der Waals surface area contributed by atoms with Gasteiger partial charge in [-0.2, -0.15) is 0 Å². The molecule has 1 heterocycles. The molecule has 0 bridgehead atoms. The lowest BCUT2D eigenvalue weighted by molar-refractivity contribution is 0.421. The van der Waals surface area contributed by atoms with Gasteiger partial charge in [0.1, 0.15) is 0 Å². The summed E-state index contributed by atoms with van der Waals surface area (Å²) in [4.78, 5) is 4.05. The summed E-state index contributed by atoms with van der Waals surface area (Å²) >= 11 is 0. The van der Waals surface area contributed by atoms with Crippen molar-refractivity contribution in [2.24, 2.45) is 5.73 Å². The van der Waals surface area contributed by atoms with E-state index in [4.69, 9.17) is 10.5 Å². The second-order valence-electron chi connectivity index (χ2n) is 3.66. The van der Waals surface area contributed by atoms with Crippen LogP contribution in [0.2, 0.25) is 0 Å². The third kappa shape index (κ3) is 2.42. The fraction of sp³-hybridized carbons (Fsp3) is 0.154. The van der Waals surface area contributed by atoms with Crippen LogP contribution in [0.15, 0.2) is 36.5 Å². The van der Waals surface area contributed by atoms with E-state index in [9.17, 15) is 4.39 Å². The summed E-state index contributed by atoms with van der Waals surface area (Å²) in [5, 5.41) is 0. The van der Waals surface area contributed by atoms with Crippen LogP contribution in [-0.4, -0.2) is 4.98 Å². The number of halogens is 1. The van der Waals surface area contributed by atoms with Crippen LogP contribution in [-0.2, 0) is 6.54 Å². The number of hydrogen-bond donors (Lipinski definition) is 1. The fourth-order valence-electron chi connectivity index (χ4n) is 1.47. The molecular formula is C13H13FN2O. The summed E-state index contributed by atoms with van der Waals surface area (Å²) in [5.41, 5.74) is 6.84. The van der Waals surface area contributed by atoms with Gasteiger partial charge in [0, 0.05) is 18.3 Å². The van der Waals surface area contributed by atoms with Gasteiger partial charge in [0.05, 0.1) is 0 Å². The Labute approximate surface area is 99.1 Å². The van der Waals surface area contributed by atoms with Crippen molar-refractivity contribution in [2.45, 2.75) is 13.5 Å². The van der Waals surface area contributed by atoms with E-state index in [1.807, 2.05) is 0 Å². The number of ether oxygens (including phenoxy) is 1. The first kappa shape index (κ1) is 11.5. The topological polar surface area (TPSA) is 48.1 Å². The molecule has 2 N–H and O–H groups in total. The molecule has 0 amide bonds. The van der Waals surface area contributed by atoms with Crippen LogP contribution in [0.4, 0.5) is 4.39 Å². The maximum absolute atomic E-state index is 13.7. The van der Waals surface area contributed by atoms with Crippen LogP contribution >= 0.6 is 0 Å². The number of nitrogens with zero attached hydrogens (tertiary/aromatic N) is 1. The average Bonchev–Trinajstić information content (AvgIpc) is 2.35. The number of aromatic nitrogens is 1. The Morgan fingerprint density at radius 2 is 2.12 bits per heavy atom. The Kier molecular flexibility index (Phi) is 3.35. The molecule has 0 fully saturated rings. The van der Waals surface area contributed by atoms with Gasteiger partial charge in [0.25, 0.3) is 0 Å². The minimum absolute atomic E-state index is 0.165. The zero-order valence-electron chi connectivity index (χ0n) is 9.48. The van der Waals surface area contributed by atoms with Crippen LogP contribution in [0.25, 0.3) is 0 Å². The summed E-state index contributed by atoms with van der Waals surface area (Å²) in [5.74, 6) is 0.138. The fourth-order valence-corrected chi connectivity index (χ4v) is 1.47. The van der Waals surface area contributed by atoms with Gasteiger partial charge in [0.15, 0.2) is 11.6 Å². The van der Waals surface area contributed by atoms with E-state index >= 15 is 0 Å². The van der Waals surface area contributed by atoms with E-state index in [0.29, 0.717) is 18.0 Å². The van der Waals surface area contributed by atoms with Gasteiger partial charge in [-0.05, 0) is 24.6 Å². The number of nitrogens with two attached hydrogens (primary N) is 1. The van der Waals surface area contributed by atoms with Crippen molar-refractivity contribution in [1.29, 1.82) is 0 Å². The quantitative estimate of drug-likeness (QED) is 0.885. The summed E-state index contributed by atoms with van der Waals surface area (Å²) in [7, 11) is 0. The minimum Gasteiger partial charge on any atom is -0.436 e. The average molecular weight is 232 g/mol. The molecule has 0 radical (unpaired) electrons. The second-order valence-corrected chi connectivity index (χ2v) is 3.66. The predicted molar refractivity (Wildman–Crippen MR) is 63.3 cm³/mol. The van der Waals surface area contributed by atoms with Crippen molar-refractivity contribution < 1.29 is 9.13 Å². The first-order valence-corrected chi connectivity index (χ1v) is 5.29. The van der Waals surface area contributed by atoms with Gasteiger partial charge in [-0.1, -0.05) is 18.2 Å². The molecule has 1 aromatic carbocycles. The Balaban J connectivity index is 2.35. The number of aryl methyl sites for hydroxylation is 1. The highest BCUT2D eigenvalue weighted by molar-refractivity contribution is 5.35. The molecule has 0 aliphatic carbocycles. The van der Waals surface area contributed by atoms with Crippen LogP contribution in [0.5, 0.6) is 11.6 Å². The molecule has 88 valence electrons. The van der Waals surface area contributed by atoms with Gasteiger partial charge in [-0.15, -0.1) is 0 Å².